The van der Waals surface area contributed by atoms with Crippen molar-refractivity contribution in [3.63, 3.8) is 0 Å². The zero-order valence-corrected chi connectivity index (χ0v) is 15.0. The molecule has 25 heavy (non-hydrogen) atoms. The molecule has 136 valence electrons. The summed E-state index contributed by atoms with van der Waals surface area (Å²) in [5.74, 6) is 0.0165. The Bertz CT molecular complexity index is 770. The van der Waals surface area contributed by atoms with Crippen molar-refractivity contribution in [2.45, 2.75) is 4.90 Å². The van der Waals surface area contributed by atoms with Gasteiger partial charge < -0.3 is 9.64 Å². The lowest BCUT2D eigenvalue weighted by atomic mass is 10.2. The van der Waals surface area contributed by atoms with E-state index in [2.05, 4.69) is 26.6 Å². The first kappa shape index (κ1) is 17.8. The molecule has 0 unspecified atom stereocenters. The molecule has 0 aliphatic carbocycles. The summed E-state index contributed by atoms with van der Waals surface area (Å²) in [6, 6.07) is 6.66. The number of piperazine rings is 1. The number of hydrogen-bond donors (Lipinski definition) is 1. The van der Waals surface area contributed by atoms with Gasteiger partial charge in [-0.05, 0) is 19.2 Å². The SMILES string of the molecule is CN1CCN(CC(=O)OCCN=C2NS(=O)(=O)c3ccccc32)CC1. The number of benzene rings is 1. The van der Waals surface area contributed by atoms with Crippen LogP contribution in [0.2, 0.25) is 0 Å². The van der Waals surface area contributed by atoms with Crippen LogP contribution in [0.3, 0.4) is 0 Å². The maximum absolute atomic E-state index is 12.0. The van der Waals surface area contributed by atoms with Gasteiger partial charge in [0.1, 0.15) is 12.4 Å². The molecule has 0 amide bonds. The third-order valence-corrected chi connectivity index (χ3v) is 5.63. The Hall–Kier alpha value is -1.97. The summed E-state index contributed by atoms with van der Waals surface area (Å²) in [4.78, 5) is 20.6. The Kier molecular flexibility index (Phi) is 5.36. The van der Waals surface area contributed by atoms with Crippen LogP contribution in [0, 0.1) is 0 Å². The second-order valence-corrected chi connectivity index (χ2v) is 7.78. The molecular formula is C16H22N4O4S. The quantitative estimate of drug-likeness (QED) is 0.559. The van der Waals surface area contributed by atoms with Crippen molar-refractivity contribution < 1.29 is 17.9 Å². The number of likely N-dealkylation sites (N-methyl/N-ethyl adjacent to an activating group) is 1. The second-order valence-electron chi connectivity index (χ2n) is 6.13. The maximum atomic E-state index is 12.0. The summed E-state index contributed by atoms with van der Waals surface area (Å²) < 4.78 is 31.5. The molecule has 0 spiro atoms. The minimum Gasteiger partial charge on any atom is -0.463 e. The molecule has 8 nitrogen and oxygen atoms in total. The summed E-state index contributed by atoms with van der Waals surface area (Å²) in [7, 11) is -1.47. The lowest BCUT2D eigenvalue weighted by molar-refractivity contribution is -0.145. The summed E-state index contributed by atoms with van der Waals surface area (Å²) in [5, 5.41) is 0. The topological polar surface area (TPSA) is 91.3 Å². The van der Waals surface area contributed by atoms with Crippen molar-refractivity contribution in [1.29, 1.82) is 0 Å². The van der Waals surface area contributed by atoms with Crippen molar-refractivity contribution in [2.24, 2.45) is 4.99 Å². The number of ether oxygens (including phenoxy) is 1. The van der Waals surface area contributed by atoms with Crippen LogP contribution in [-0.2, 0) is 19.6 Å². The van der Waals surface area contributed by atoms with Gasteiger partial charge in [0.2, 0.25) is 0 Å². The van der Waals surface area contributed by atoms with Gasteiger partial charge in [-0.3, -0.25) is 19.4 Å². The van der Waals surface area contributed by atoms with Crippen LogP contribution in [0.1, 0.15) is 5.56 Å². The number of amidine groups is 1. The minimum absolute atomic E-state index is 0.125. The normalized spacial score (nSPS) is 21.7. The highest BCUT2D eigenvalue weighted by molar-refractivity contribution is 7.90. The van der Waals surface area contributed by atoms with Gasteiger partial charge in [0, 0.05) is 31.7 Å². The number of nitrogens with one attached hydrogen (secondary N) is 1. The summed E-state index contributed by atoms with van der Waals surface area (Å²) in [6.45, 7) is 4.21. The highest BCUT2D eigenvalue weighted by atomic mass is 32.2. The molecule has 1 aromatic carbocycles. The fourth-order valence-corrected chi connectivity index (χ4v) is 4.05. The van der Waals surface area contributed by atoms with E-state index in [1.54, 1.807) is 18.2 Å². The van der Waals surface area contributed by atoms with Gasteiger partial charge in [-0.1, -0.05) is 12.1 Å². The lowest BCUT2D eigenvalue weighted by Crippen LogP contribution is -2.46. The van der Waals surface area contributed by atoms with Crippen LogP contribution in [0.5, 0.6) is 0 Å². The van der Waals surface area contributed by atoms with Crippen LogP contribution in [0.15, 0.2) is 34.2 Å². The van der Waals surface area contributed by atoms with E-state index in [0.717, 1.165) is 26.2 Å². The number of sulfonamides is 1. The Labute approximate surface area is 147 Å². The zero-order valence-electron chi connectivity index (χ0n) is 14.1. The number of rotatable bonds is 5. The van der Waals surface area contributed by atoms with Crippen LogP contribution in [0.4, 0.5) is 0 Å². The van der Waals surface area contributed by atoms with Gasteiger partial charge in [0.15, 0.2) is 0 Å². The molecule has 0 radical (unpaired) electrons. The molecular weight excluding hydrogens is 344 g/mol. The van der Waals surface area contributed by atoms with Gasteiger partial charge in [-0.2, -0.15) is 0 Å². The van der Waals surface area contributed by atoms with E-state index in [4.69, 9.17) is 4.74 Å². The predicted molar refractivity (Wildman–Crippen MR) is 93.1 cm³/mol. The van der Waals surface area contributed by atoms with Crippen molar-refractivity contribution in [3.05, 3.63) is 29.8 Å². The smallest absolute Gasteiger partial charge is 0.320 e. The van der Waals surface area contributed by atoms with Gasteiger partial charge in [0.25, 0.3) is 10.0 Å². The van der Waals surface area contributed by atoms with E-state index < -0.39 is 10.0 Å². The predicted octanol–water partition coefficient (Wildman–Crippen LogP) is -0.484. The molecule has 1 saturated heterocycles. The molecule has 1 fully saturated rings. The summed E-state index contributed by atoms with van der Waals surface area (Å²) >= 11 is 0. The number of carbonyl (C=O) groups is 1. The Morgan fingerprint density at radius 1 is 1.24 bits per heavy atom. The largest absolute Gasteiger partial charge is 0.463 e. The van der Waals surface area contributed by atoms with Crippen molar-refractivity contribution in [1.82, 2.24) is 14.5 Å². The maximum Gasteiger partial charge on any atom is 0.320 e. The molecule has 1 N–H and O–H groups in total. The van der Waals surface area contributed by atoms with E-state index >= 15 is 0 Å². The molecule has 2 aliphatic rings. The molecule has 9 heteroatoms. The summed E-state index contributed by atoms with van der Waals surface area (Å²) in [6.07, 6.45) is 0. The number of hydrogen-bond acceptors (Lipinski definition) is 7. The molecule has 0 aromatic heterocycles. The monoisotopic (exact) mass is 366 g/mol. The fraction of sp³-hybridized carbons (Fsp3) is 0.500. The number of fused-ring (bicyclic) bond motifs is 1. The fourth-order valence-electron chi connectivity index (χ4n) is 2.80. The van der Waals surface area contributed by atoms with E-state index in [-0.39, 0.29) is 30.6 Å². The molecule has 0 bridgehead atoms. The Morgan fingerprint density at radius 3 is 2.72 bits per heavy atom. The van der Waals surface area contributed by atoms with Crippen molar-refractivity contribution in [2.75, 3.05) is 52.9 Å². The average molecular weight is 366 g/mol. The highest BCUT2D eigenvalue weighted by Gasteiger charge is 2.29. The van der Waals surface area contributed by atoms with E-state index in [1.165, 1.54) is 6.07 Å². The number of carbonyl (C=O) groups excluding carboxylic acids is 1. The van der Waals surface area contributed by atoms with Crippen molar-refractivity contribution in [3.8, 4) is 0 Å². The standard InChI is InChI=1S/C16H22N4O4S/c1-19-7-9-20(10-8-19)12-15(21)24-11-6-17-16-13-4-2-3-5-14(13)25(22,23)18-16/h2-5H,6-12H2,1H3,(H,17,18). The van der Waals surface area contributed by atoms with Gasteiger partial charge >= 0.3 is 5.97 Å². The number of nitrogens with zero attached hydrogens (tertiary/aromatic N) is 3. The third-order valence-electron chi connectivity index (χ3n) is 4.24. The van der Waals surface area contributed by atoms with E-state index in [1.807, 2.05) is 0 Å². The van der Waals surface area contributed by atoms with Crippen molar-refractivity contribution >= 4 is 21.8 Å². The third kappa shape index (κ3) is 4.36. The highest BCUT2D eigenvalue weighted by Crippen LogP contribution is 2.21. The van der Waals surface area contributed by atoms with Crippen LogP contribution in [0.25, 0.3) is 0 Å². The van der Waals surface area contributed by atoms with Crippen LogP contribution < -0.4 is 4.72 Å². The molecule has 0 saturated carbocycles. The summed E-state index contributed by atoms with van der Waals surface area (Å²) in [5.41, 5.74) is 0.547. The van der Waals surface area contributed by atoms with Gasteiger partial charge in [-0.15, -0.1) is 0 Å². The lowest BCUT2D eigenvalue weighted by Gasteiger charge is -2.31. The molecule has 3 rings (SSSR count). The van der Waals surface area contributed by atoms with E-state index in [9.17, 15) is 13.2 Å². The molecule has 1 aromatic rings. The Morgan fingerprint density at radius 2 is 1.96 bits per heavy atom. The van der Waals surface area contributed by atoms with Crippen LogP contribution >= 0.6 is 0 Å². The first-order valence-electron chi connectivity index (χ1n) is 8.19. The number of esters is 1. The van der Waals surface area contributed by atoms with Gasteiger partial charge in [-0.25, -0.2) is 8.42 Å². The number of aliphatic imine (C=N–C) groups is 1. The zero-order chi connectivity index (χ0) is 17.9. The second kappa shape index (κ2) is 7.51. The Balaban J connectivity index is 1.47. The average Bonchev–Trinajstić information content (AvgIpc) is 2.85. The molecule has 2 heterocycles. The molecule has 2 aliphatic heterocycles. The van der Waals surface area contributed by atoms with E-state index in [0.29, 0.717) is 11.4 Å². The molecule has 0 atom stereocenters. The minimum atomic E-state index is -3.53. The van der Waals surface area contributed by atoms with Gasteiger partial charge in [0.05, 0.1) is 18.0 Å². The first-order chi connectivity index (χ1) is 12.0. The first-order valence-corrected chi connectivity index (χ1v) is 9.67. The van der Waals surface area contributed by atoms with Crippen LogP contribution in [-0.4, -0.2) is 82.9 Å².